The summed E-state index contributed by atoms with van der Waals surface area (Å²) in [4.78, 5) is 38.3. The number of nitrogens with one attached hydrogen (secondary N) is 3. The van der Waals surface area contributed by atoms with Gasteiger partial charge < -0.3 is 20.7 Å². The Bertz CT molecular complexity index is 1660. The minimum atomic E-state index is -4.56. The number of alkyl halides is 3. The average molecular weight is 621 g/mol. The van der Waals surface area contributed by atoms with Crippen LogP contribution >= 0.6 is 11.8 Å². The second kappa shape index (κ2) is 14.0. The highest BCUT2D eigenvalue weighted by molar-refractivity contribution is 8.03. The first-order chi connectivity index (χ1) is 21.0. The summed E-state index contributed by atoms with van der Waals surface area (Å²) in [6, 6.07) is 21.6. The van der Waals surface area contributed by atoms with Crippen LogP contribution in [0.2, 0.25) is 0 Å². The molecule has 1 aliphatic rings. The summed E-state index contributed by atoms with van der Waals surface area (Å²) in [5, 5.41) is 18.9. The SMILES string of the molecule is CCOC(=O)c1ccc(NC(=O)C2=C(C)NC(SCC(=O)Nc3cccc(C(F)(F)F)c3)=C(C#N)[C@H]2c2ccccc2)cc1. The number of carbonyl (C=O) groups is 3. The van der Waals surface area contributed by atoms with E-state index >= 15 is 0 Å². The molecule has 0 unspecified atom stereocenters. The standard InChI is InChI=1S/C32H27F3N4O4S/c1-3-43-31(42)21-12-14-23(15-13-21)39-29(41)27-19(2)37-30(25(17-36)28(27)20-8-5-4-6-9-20)44-18-26(40)38-24-11-7-10-22(16-24)32(33,34)35/h4-16,28,37H,3,18H2,1-2H3,(H,38,40)(H,39,41)/t28-/m1/s1. The van der Waals surface area contributed by atoms with Crippen molar-refractivity contribution in [3.05, 3.63) is 117 Å². The smallest absolute Gasteiger partial charge is 0.416 e. The van der Waals surface area contributed by atoms with Gasteiger partial charge in [0.1, 0.15) is 0 Å². The second-order valence-corrected chi connectivity index (χ2v) is 10.5. The molecule has 12 heteroatoms. The van der Waals surface area contributed by atoms with Crippen molar-refractivity contribution in [2.75, 3.05) is 23.0 Å². The molecule has 3 N–H and O–H groups in total. The first-order valence-electron chi connectivity index (χ1n) is 13.4. The van der Waals surface area contributed by atoms with Gasteiger partial charge in [-0.25, -0.2) is 4.79 Å². The van der Waals surface area contributed by atoms with Gasteiger partial charge in [-0.3, -0.25) is 9.59 Å². The third-order valence-corrected chi connectivity index (χ3v) is 7.52. The van der Waals surface area contributed by atoms with Crippen molar-refractivity contribution < 1.29 is 32.3 Å². The molecule has 1 atom stereocenters. The number of ether oxygens (including phenoxy) is 1. The maximum absolute atomic E-state index is 13.6. The third kappa shape index (κ3) is 7.67. The number of halogens is 3. The minimum absolute atomic E-state index is 0.0102. The van der Waals surface area contributed by atoms with E-state index in [9.17, 15) is 32.8 Å². The number of nitrogens with zero attached hydrogens (tertiary/aromatic N) is 1. The Labute approximate surface area is 256 Å². The van der Waals surface area contributed by atoms with E-state index in [2.05, 4.69) is 22.0 Å². The van der Waals surface area contributed by atoms with Crippen molar-refractivity contribution in [2.24, 2.45) is 0 Å². The fourth-order valence-electron chi connectivity index (χ4n) is 4.52. The highest BCUT2D eigenvalue weighted by Gasteiger charge is 2.35. The first-order valence-corrected chi connectivity index (χ1v) is 14.4. The summed E-state index contributed by atoms with van der Waals surface area (Å²) in [7, 11) is 0. The van der Waals surface area contributed by atoms with Crippen LogP contribution in [0.1, 0.15) is 41.3 Å². The van der Waals surface area contributed by atoms with Gasteiger partial charge in [-0.05, 0) is 61.9 Å². The molecule has 3 aromatic rings. The van der Waals surface area contributed by atoms with Crippen LogP contribution in [0, 0.1) is 11.3 Å². The second-order valence-electron chi connectivity index (χ2n) is 9.53. The van der Waals surface area contributed by atoms with Gasteiger partial charge in [0.15, 0.2) is 0 Å². The lowest BCUT2D eigenvalue weighted by Crippen LogP contribution is -2.31. The fraction of sp³-hybridized carbons (Fsp3) is 0.188. The predicted octanol–water partition coefficient (Wildman–Crippen LogP) is 6.59. The van der Waals surface area contributed by atoms with Crippen LogP contribution < -0.4 is 16.0 Å². The van der Waals surface area contributed by atoms with Crippen molar-refractivity contribution in [1.82, 2.24) is 5.32 Å². The molecule has 1 heterocycles. The van der Waals surface area contributed by atoms with E-state index in [0.29, 0.717) is 27.5 Å². The van der Waals surface area contributed by atoms with Gasteiger partial charge in [0.05, 0.1) is 46.1 Å². The topological polar surface area (TPSA) is 120 Å². The molecule has 0 saturated carbocycles. The quantitative estimate of drug-likeness (QED) is 0.231. The number of nitriles is 1. The van der Waals surface area contributed by atoms with Gasteiger partial charge in [-0.1, -0.05) is 48.2 Å². The lowest BCUT2D eigenvalue weighted by atomic mass is 9.82. The molecule has 8 nitrogen and oxygen atoms in total. The Balaban J connectivity index is 1.56. The van der Waals surface area contributed by atoms with Gasteiger partial charge in [0, 0.05) is 22.6 Å². The van der Waals surface area contributed by atoms with Gasteiger partial charge in [-0.2, -0.15) is 18.4 Å². The number of amides is 2. The zero-order valence-electron chi connectivity index (χ0n) is 23.6. The molecular formula is C32H27F3N4O4S. The Kier molecular flexibility index (Phi) is 10.1. The molecule has 0 fully saturated rings. The van der Waals surface area contributed by atoms with Gasteiger partial charge in [-0.15, -0.1) is 0 Å². The number of carbonyl (C=O) groups excluding carboxylic acids is 3. The molecule has 0 radical (unpaired) electrons. The van der Waals surface area contributed by atoms with Crippen molar-refractivity contribution in [2.45, 2.75) is 25.9 Å². The highest BCUT2D eigenvalue weighted by atomic mass is 32.2. The van der Waals surface area contributed by atoms with Crippen molar-refractivity contribution in [3.8, 4) is 6.07 Å². The number of anilines is 2. The maximum Gasteiger partial charge on any atom is 0.416 e. The van der Waals surface area contributed by atoms with Gasteiger partial charge in [0.2, 0.25) is 5.91 Å². The minimum Gasteiger partial charge on any atom is -0.462 e. The molecule has 3 aromatic carbocycles. The van der Waals surface area contributed by atoms with Crippen LogP contribution in [-0.4, -0.2) is 30.1 Å². The van der Waals surface area contributed by atoms with Crippen LogP contribution in [0.5, 0.6) is 0 Å². The van der Waals surface area contributed by atoms with Gasteiger partial charge >= 0.3 is 12.1 Å². The summed E-state index contributed by atoms with van der Waals surface area (Å²) in [6.45, 7) is 3.60. The van der Waals surface area contributed by atoms with Crippen molar-refractivity contribution >= 4 is 40.9 Å². The number of thioether (sulfide) groups is 1. The average Bonchev–Trinajstić information content (AvgIpc) is 3.00. The summed E-state index contributed by atoms with van der Waals surface area (Å²) >= 11 is 0.997. The molecule has 0 aliphatic carbocycles. The molecule has 0 bridgehead atoms. The Morgan fingerprint density at radius 3 is 2.32 bits per heavy atom. The van der Waals surface area contributed by atoms with Crippen molar-refractivity contribution in [3.63, 3.8) is 0 Å². The summed E-state index contributed by atoms with van der Waals surface area (Å²) in [5.41, 5.74) is 1.43. The number of hydrogen-bond donors (Lipinski definition) is 3. The van der Waals surface area contributed by atoms with Crippen LogP contribution in [0.4, 0.5) is 24.5 Å². The van der Waals surface area contributed by atoms with E-state index in [0.717, 1.165) is 23.9 Å². The molecule has 0 spiro atoms. The summed E-state index contributed by atoms with van der Waals surface area (Å²) in [5.74, 6) is -2.54. The van der Waals surface area contributed by atoms with Crippen LogP contribution in [0.15, 0.2) is 101 Å². The molecule has 44 heavy (non-hydrogen) atoms. The lowest BCUT2D eigenvalue weighted by molar-refractivity contribution is -0.137. The Morgan fingerprint density at radius 1 is 0.977 bits per heavy atom. The van der Waals surface area contributed by atoms with Crippen LogP contribution in [-0.2, 0) is 20.5 Å². The first kappa shape index (κ1) is 31.9. The van der Waals surface area contributed by atoms with Crippen LogP contribution in [0.25, 0.3) is 0 Å². The summed E-state index contributed by atoms with van der Waals surface area (Å²) in [6.07, 6.45) is -4.56. The Hall–Kier alpha value is -5.02. The molecule has 4 rings (SSSR count). The molecule has 2 amide bonds. The largest absolute Gasteiger partial charge is 0.462 e. The maximum atomic E-state index is 13.6. The zero-order chi connectivity index (χ0) is 31.9. The molecule has 226 valence electrons. The van der Waals surface area contributed by atoms with Crippen molar-refractivity contribution in [1.29, 1.82) is 5.26 Å². The normalized spacial score (nSPS) is 14.8. The number of esters is 1. The van der Waals surface area contributed by atoms with E-state index < -0.39 is 35.4 Å². The predicted molar refractivity (Wildman–Crippen MR) is 161 cm³/mol. The van der Waals surface area contributed by atoms with E-state index in [1.165, 1.54) is 24.3 Å². The number of hydrogen-bond acceptors (Lipinski definition) is 7. The Morgan fingerprint density at radius 2 is 1.68 bits per heavy atom. The number of dihydropyridines is 1. The van der Waals surface area contributed by atoms with E-state index in [4.69, 9.17) is 4.74 Å². The van der Waals surface area contributed by atoms with E-state index in [1.54, 1.807) is 56.3 Å². The molecule has 0 aromatic heterocycles. The van der Waals surface area contributed by atoms with Gasteiger partial charge in [0.25, 0.3) is 5.91 Å². The summed E-state index contributed by atoms with van der Waals surface area (Å²) < 4.78 is 44.2. The fourth-order valence-corrected chi connectivity index (χ4v) is 5.41. The lowest BCUT2D eigenvalue weighted by Gasteiger charge is -2.30. The van der Waals surface area contributed by atoms with E-state index in [1.807, 2.05) is 0 Å². The number of benzene rings is 3. The van der Waals surface area contributed by atoms with Crippen LogP contribution in [0.3, 0.4) is 0 Å². The molecule has 1 aliphatic heterocycles. The highest BCUT2D eigenvalue weighted by Crippen LogP contribution is 2.41. The molecular weight excluding hydrogens is 593 g/mol. The third-order valence-electron chi connectivity index (χ3n) is 6.50. The van der Waals surface area contributed by atoms with E-state index in [-0.39, 0.29) is 29.2 Å². The monoisotopic (exact) mass is 620 g/mol. The zero-order valence-corrected chi connectivity index (χ0v) is 24.4. The molecule has 0 saturated heterocycles. The number of rotatable bonds is 9. The number of allylic oxidation sites excluding steroid dienone is 2.